The largest absolute Gasteiger partial charge is 0.497 e. The Kier molecular flexibility index (Phi) is 7.15. The van der Waals surface area contributed by atoms with Gasteiger partial charge in [0.05, 0.1) is 35.7 Å². The highest BCUT2D eigenvalue weighted by molar-refractivity contribution is 7.92. The van der Waals surface area contributed by atoms with Gasteiger partial charge in [0.2, 0.25) is 10.0 Å². The molecule has 0 bridgehead atoms. The van der Waals surface area contributed by atoms with Gasteiger partial charge in [-0.25, -0.2) is 8.42 Å². The van der Waals surface area contributed by atoms with E-state index in [4.69, 9.17) is 21.1 Å². The standard InChI is InChI=1S/C19H23ClN2O5S/c1-13(12-27-16-8-6-15(26-3)7-9-16)21-19(23)17-11-14(5-10-18(17)20)22(2)28(4,24)25/h5-11,13H,12H2,1-4H3,(H,21,23). The summed E-state index contributed by atoms with van der Waals surface area (Å²) in [4.78, 5) is 12.6. The molecular weight excluding hydrogens is 404 g/mol. The molecule has 9 heteroatoms. The average molecular weight is 427 g/mol. The Balaban J connectivity index is 2.02. The number of ether oxygens (including phenoxy) is 2. The van der Waals surface area contributed by atoms with E-state index >= 15 is 0 Å². The second kappa shape index (κ2) is 9.16. The maximum Gasteiger partial charge on any atom is 0.253 e. The van der Waals surface area contributed by atoms with Gasteiger partial charge in [0, 0.05) is 7.05 Å². The molecular formula is C19H23ClN2O5S. The quantitative estimate of drug-likeness (QED) is 0.701. The summed E-state index contributed by atoms with van der Waals surface area (Å²) in [6.45, 7) is 2.04. The first-order valence-corrected chi connectivity index (χ1v) is 10.7. The lowest BCUT2D eigenvalue weighted by atomic mass is 10.1. The number of methoxy groups -OCH3 is 1. The molecule has 1 atom stereocenters. The number of rotatable bonds is 8. The predicted octanol–water partition coefficient (Wildman–Crippen LogP) is 2.94. The van der Waals surface area contributed by atoms with Gasteiger partial charge in [-0.3, -0.25) is 9.10 Å². The fourth-order valence-corrected chi connectivity index (χ4v) is 3.01. The monoisotopic (exact) mass is 426 g/mol. The molecule has 0 saturated carbocycles. The van der Waals surface area contributed by atoms with Gasteiger partial charge in [0.1, 0.15) is 18.1 Å². The minimum absolute atomic E-state index is 0.186. The SMILES string of the molecule is COc1ccc(OCC(C)NC(=O)c2cc(N(C)S(C)(=O)=O)ccc2Cl)cc1. The van der Waals surface area contributed by atoms with E-state index in [1.165, 1.54) is 25.2 Å². The van der Waals surface area contributed by atoms with Crippen LogP contribution in [0.2, 0.25) is 5.02 Å². The van der Waals surface area contributed by atoms with E-state index in [0.29, 0.717) is 11.4 Å². The number of halogens is 1. The van der Waals surface area contributed by atoms with Gasteiger partial charge in [-0.1, -0.05) is 11.6 Å². The van der Waals surface area contributed by atoms with E-state index in [1.807, 2.05) is 0 Å². The summed E-state index contributed by atoms with van der Waals surface area (Å²) in [5.74, 6) is 0.957. The first kappa shape index (κ1) is 21.8. The van der Waals surface area contributed by atoms with E-state index in [0.717, 1.165) is 16.3 Å². The summed E-state index contributed by atoms with van der Waals surface area (Å²) < 4.78 is 35.2. The number of amides is 1. The zero-order chi connectivity index (χ0) is 20.9. The van der Waals surface area contributed by atoms with Crippen LogP contribution in [0.15, 0.2) is 42.5 Å². The van der Waals surface area contributed by atoms with Gasteiger partial charge < -0.3 is 14.8 Å². The lowest BCUT2D eigenvalue weighted by Gasteiger charge is -2.19. The van der Waals surface area contributed by atoms with Crippen molar-refractivity contribution in [1.82, 2.24) is 5.32 Å². The van der Waals surface area contributed by atoms with Gasteiger partial charge in [-0.15, -0.1) is 0 Å². The Morgan fingerprint density at radius 2 is 1.79 bits per heavy atom. The van der Waals surface area contributed by atoms with Crippen molar-refractivity contribution in [3.8, 4) is 11.5 Å². The summed E-state index contributed by atoms with van der Waals surface area (Å²) >= 11 is 6.12. The summed E-state index contributed by atoms with van der Waals surface area (Å²) in [5, 5.41) is 3.02. The number of hydrogen-bond donors (Lipinski definition) is 1. The number of nitrogens with one attached hydrogen (secondary N) is 1. The summed E-state index contributed by atoms with van der Waals surface area (Å²) in [7, 11) is -0.456. The van der Waals surface area contributed by atoms with Gasteiger partial charge >= 0.3 is 0 Å². The second-order valence-corrected chi connectivity index (χ2v) is 8.68. The maximum absolute atomic E-state index is 12.6. The Morgan fingerprint density at radius 1 is 1.18 bits per heavy atom. The number of carbonyl (C=O) groups is 1. The fourth-order valence-electron chi connectivity index (χ4n) is 2.31. The first-order valence-electron chi connectivity index (χ1n) is 8.43. The number of sulfonamides is 1. The van der Waals surface area contributed by atoms with E-state index in [1.54, 1.807) is 38.3 Å². The molecule has 0 saturated heterocycles. The topological polar surface area (TPSA) is 84.9 Å². The van der Waals surface area contributed by atoms with E-state index in [-0.39, 0.29) is 23.2 Å². The number of hydrogen-bond acceptors (Lipinski definition) is 5. The number of anilines is 1. The Bertz CT molecular complexity index is 932. The van der Waals surface area contributed by atoms with Crippen molar-refractivity contribution in [2.24, 2.45) is 0 Å². The third-order valence-electron chi connectivity index (χ3n) is 3.99. The Labute approximate surface area is 170 Å². The summed E-state index contributed by atoms with van der Waals surface area (Å²) in [6, 6.07) is 11.3. The molecule has 1 amide bonds. The van der Waals surface area contributed by atoms with E-state index in [9.17, 15) is 13.2 Å². The van der Waals surface area contributed by atoms with Crippen molar-refractivity contribution in [3.63, 3.8) is 0 Å². The van der Waals surface area contributed by atoms with E-state index < -0.39 is 15.9 Å². The fraction of sp³-hybridized carbons (Fsp3) is 0.316. The van der Waals surface area contributed by atoms with Crippen molar-refractivity contribution < 1.29 is 22.7 Å². The molecule has 7 nitrogen and oxygen atoms in total. The van der Waals surface area contributed by atoms with Gasteiger partial charge in [-0.2, -0.15) is 0 Å². The van der Waals surface area contributed by atoms with Crippen LogP contribution in [0.3, 0.4) is 0 Å². The Morgan fingerprint density at radius 3 is 2.36 bits per heavy atom. The minimum atomic E-state index is -3.45. The third kappa shape index (κ3) is 5.77. The van der Waals surface area contributed by atoms with Crippen LogP contribution >= 0.6 is 11.6 Å². The molecule has 0 radical (unpaired) electrons. The molecule has 0 heterocycles. The second-order valence-electron chi connectivity index (χ2n) is 6.26. The first-order chi connectivity index (χ1) is 13.1. The van der Waals surface area contributed by atoms with Crippen LogP contribution in [0.4, 0.5) is 5.69 Å². The molecule has 28 heavy (non-hydrogen) atoms. The number of carbonyl (C=O) groups excluding carboxylic acids is 1. The normalized spacial score (nSPS) is 12.2. The molecule has 0 fully saturated rings. The van der Waals surface area contributed by atoms with Crippen molar-refractivity contribution in [2.45, 2.75) is 13.0 Å². The molecule has 0 aromatic heterocycles. The van der Waals surface area contributed by atoms with Gasteiger partial charge in [-0.05, 0) is 49.4 Å². The van der Waals surface area contributed by atoms with Gasteiger partial charge in [0.25, 0.3) is 5.91 Å². The zero-order valence-electron chi connectivity index (χ0n) is 16.1. The summed E-state index contributed by atoms with van der Waals surface area (Å²) in [6.07, 6.45) is 1.08. The Hall–Kier alpha value is -2.45. The number of nitrogens with zero attached hydrogens (tertiary/aromatic N) is 1. The van der Waals surface area contributed by atoms with Crippen LogP contribution in [0.25, 0.3) is 0 Å². The predicted molar refractivity (Wildman–Crippen MR) is 110 cm³/mol. The molecule has 0 aliphatic heterocycles. The van der Waals surface area contributed by atoms with Gasteiger partial charge in [0.15, 0.2) is 0 Å². The molecule has 152 valence electrons. The highest BCUT2D eigenvalue weighted by Gasteiger charge is 2.18. The van der Waals surface area contributed by atoms with Crippen LogP contribution in [0, 0.1) is 0 Å². The van der Waals surface area contributed by atoms with Crippen LogP contribution in [-0.4, -0.2) is 47.4 Å². The molecule has 2 rings (SSSR count). The minimum Gasteiger partial charge on any atom is -0.497 e. The van der Waals surface area contributed by atoms with Crippen molar-refractivity contribution >= 4 is 33.2 Å². The molecule has 2 aromatic carbocycles. The van der Waals surface area contributed by atoms with Crippen LogP contribution < -0.4 is 19.1 Å². The average Bonchev–Trinajstić information content (AvgIpc) is 2.65. The van der Waals surface area contributed by atoms with E-state index in [2.05, 4.69) is 5.32 Å². The lowest BCUT2D eigenvalue weighted by Crippen LogP contribution is -2.37. The summed E-state index contributed by atoms with van der Waals surface area (Å²) in [5.41, 5.74) is 0.533. The van der Waals surface area contributed by atoms with Crippen molar-refractivity contribution in [2.75, 3.05) is 31.3 Å². The van der Waals surface area contributed by atoms with Crippen molar-refractivity contribution in [3.05, 3.63) is 53.1 Å². The van der Waals surface area contributed by atoms with Crippen LogP contribution in [0.5, 0.6) is 11.5 Å². The molecule has 0 spiro atoms. The van der Waals surface area contributed by atoms with Crippen molar-refractivity contribution in [1.29, 1.82) is 0 Å². The van der Waals surface area contributed by atoms with Crippen LogP contribution in [-0.2, 0) is 10.0 Å². The maximum atomic E-state index is 12.6. The highest BCUT2D eigenvalue weighted by Crippen LogP contribution is 2.24. The molecule has 1 N–H and O–H groups in total. The lowest BCUT2D eigenvalue weighted by molar-refractivity contribution is 0.0927. The highest BCUT2D eigenvalue weighted by atomic mass is 35.5. The number of benzene rings is 2. The zero-order valence-corrected chi connectivity index (χ0v) is 17.7. The molecule has 1 unspecified atom stereocenters. The molecule has 2 aromatic rings. The molecule has 0 aliphatic carbocycles. The molecule has 0 aliphatic rings. The third-order valence-corrected chi connectivity index (χ3v) is 5.53. The van der Waals surface area contributed by atoms with Crippen LogP contribution in [0.1, 0.15) is 17.3 Å². The smallest absolute Gasteiger partial charge is 0.253 e.